The van der Waals surface area contributed by atoms with Gasteiger partial charge in [0.05, 0.1) is 13.0 Å². The maximum absolute atomic E-state index is 11.1. The fourth-order valence-electron chi connectivity index (χ4n) is 0.919. The summed E-state index contributed by atoms with van der Waals surface area (Å²) < 4.78 is 14.0. The Kier molecular flexibility index (Phi) is 5.69. The van der Waals surface area contributed by atoms with E-state index >= 15 is 0 Å². The Balaban J connectivity index is 4.05. The molecule has 0 aliphatic carbocycles. The molecule has 0 aromatic heterocycles. The Morgan fingerprint density at radius 2 is 1.87 bits per heavy atom. The molecule has 0 aliphatic rings. The second kappa shape index (κ2) is 6.23. The molecule has 0 spiro atoms. The third kappa shape index (κ3) is 6.73. The Labute approximate surface area is 88.7 Å². The van der Waals surface area contributed by atoms with Gasteiger partial charge in [0.2, 0.25) is 0 Å². The quantitative estimate of drug-likeness (QED) is 0.543. The lowest BCUT2D eigenvalue weighted by atomic mass is 10.1. The van der Waals surface area contributed by atoms with E-state index in [0.717, 1.165) is 0 Å². The zero-order valence-electron chi connectivity index (χ0n) is 9.24. The van der Waals surface area contributed by atoms with Crippen LogP contribution in [-0.4, -0.2) is 31.1 Å². The van der Waals surface area contributed by atoms with Crippen LogP contribution in [0, 0.1) is 0 Å². The second-order valence-electron chi connectivity index (χ2n) is 3.40. The molecule has 6 nitrogen and oxygen atoms in total. The van der Waals surface area contributed by atoms with Crippen molar-refractivity contribution in [2.24, 2.45) is 5.73 Å². The highest BCUT2D eigenvalue weighted by atomic mass is 16.7. The largest absolute Gasteiger partial charge is 0.510 e. The molecule has 0 aliphatic heterocycles. The zero-order valence-corrected chi connectivity index (χ0v) is 9.24. The van der Waals surface area contributed by atoms with Gasteiger partial charge >= 0.3 is 12.1 Å². The van der Waals surface area contributed by atoms with Gasteiger partial charge in [-0.2, -0.15) is 0 Å². The van der Waals surface area contributed by atoms with Crippen molar-refractivity contribution in [3.63, 3.8) is 0 Å². The minimum absolute atomic E-state index is 0.0273. The van der Waals surface area contributed by atoms with E-state index in [-0.39, 0.29) is 13.2 Å². The van der Waals surface area contributed by atoms with Crippen molar-refractivity contribution in [3.8, 4) is 0 Å². The first-order valence-electron chi connectivity index (χ1n) is 4.62. The highest BCUT2D eigenvalue weighted by Crippen LogP contribution is 2.16. The average Bonchev–Trinajstić information content (AvgIpc) is 2.01. The molecule has 6 heteroatoms. The van der Waals surface area contributed by atoms with Crippen molar-refractivity contribution in [2.45, 2.75) is 32.8 Å². The molecule has 2 N–H and O–H groups in total. The van der Waals surface area contributed by atoms with Gasteiger partial charge in [-0.15, -0.1) is 0 Å². The lowest BCUT2D eigenvalue weighted by molar-refractivity contribution is -0.148. The first-order chi connectivity index (χ1) is 6.91. The van der Waals surface area contributed by atoms with Crippen molar-refractivity contribution in [1.29, 1.82) is 0 Å². The molecular weight excluding hydrogens is 202 g/mol. The van der Waals surface area contributed by atoms with E-state index in [1.165, 1.54) is 0 Å². The van der Waals surface area contributed by atoms with Crippen molar-refractivity contribution in [3.05, 3.63) is 0 Å². The number of rotatable bonds is 5. The third-order valence-corrected chi connectivity index (χ3v) is 1.44. The lowest BCUT2D eigenvalue weighted by Crippen LogP contribution is -2.32. The fraction of sp³-hybridized carbons (Fsp3) is 0.778. The van der Waals surface area contributed by atoms with Crippen LogP contribution in [0.25, 0.3) is 0 Å². The van der Waals surface area contributed by atoms with Gasteiger partial charge in [-0.1, -0.05) is 0 Å². The molecule has 0 saturated carbocycles. The molecule has 0 saturated heterocycles. The molecule has 0 bridgehead atoms. The molecule has 0 aromatic rings. The summed E-state index contributed by atoms with van der Waals surface area (Å²) in [6.07, 6.45) is -0.924. The topological polar surface area (TPSA) is 87.8 Å². The van der Waals surface area contributed by atoms with E-state index in [1.54, 1.807) is 20.8 Å². The standard InChI is InChI=1S/C9H17NO5/c1-4-13-7(11)5-9(2,3)15-8(12)14-6-10/h4-6,10H2,1-3H3. The molecule has 0 heterocycles. The molecule has 15 heavy (non-hydrogen) atoms. The van der Waals surface area contributed by atoms with Crippen LogP contribution in [0.3, 0.4) is 0 Å². The fourth-order valence-corrected chi connectivity index (χ4v) is 0.919. The minimum Gasteiger partial charge on any atom is -0.466 e. The number of nitrogens with two attached hydrogens (primary N) is 1. The lowest BCUT2D eigenvalue weighted by Gasteiger charge is -2.23. The third-order valence-electron chi connectivity index (χ3n) is 1.44. The van der Waals surface area contributed by atoms with Gasteiger partial charge in [0.25, 0.3) is 0 Å². The van der Waals surface area contributed by atoms with E-state index in [1.807, 2.05) is 0 Å². The summed E-state index contributed by atoms with van der Waals surface area (Å²) in [4.78, 5) is 22.0. The van der Waals surface area contributed by atoms with Gasteiger partial charge < -0.3 is 14.2 Å². The average molecular weight is 219 g/mol. The minimum atomic E-state index is -0.960. The van der Waals surface area contributed by atoms with Gasteiger partial charge in [-0.05, 0) is 20.8 Å². The van der Waals surface area contributed by atoms with E-state index in [9.17, 15) is 9.59 Å². The summed E-state index contributed by atoms with van der Waals surface area (Å²) in [5, 5.41) is 0. The van der Waals surface area contributed by atoms with E-state index in [2.05, 4.69) is 4.74 Å². The monoisotopic (exact) mass is 219 g/mol. The van der Waals surface area contributed by atoms with E-state index < -0.39 is 17.7 Å². The van der Waals surface area contributed by atoms with Gasteiger partial charge in [-0.3, -0.25) is 10.5 Å². The highest BCUT2D eigenvalue weighted by molar-refractivity contribution is 5.71. The molecule has 0 atom stereocenters. The Morgan fingerprint density at radius 1 is 1.27 bits per heavy atom. The number of carbonyl (C=O) groups excluding carboxylic acids is 2. The Hall–Kier alpha value is -1.30. The Morgan fingerprint density at radius 3 is 2.33 bits per heavy atom. The first kappa shape index (κ1) is 13.7. The molecule has 0 radical (unpaired) electrons. The van der Waals surface area contributed by atoms with Gasteiger partial charge in [0.15, 0.2) is 0 Å². The molecule has 88 valence electrons. The molecule has 0 amide bonds. The molecule has 0 aromatic carbocycles. The summed E-state index contributed by atoms with van der Waals surface area (Å²) in [6, 6.07) is 0. The van der Waals surface area contributed by atoms with E-state index in [0.29, 0.717) is 6.61 Å². The van der Waals surface area contributed by atoms with E-state index in [4.69, 9.17) is 15.2 Å². The second-order valence-corrected chi connectivity index (χ2v) is 3.40. The Bertz CT molecular complexity index is 205. The number of hydrogen-bond acceptors (Lipinski definition) is 6. The van der Waals surface area contributed by atoms with Crippen molar-refractivity contribution in [1.82, 2.24) is 0 Å². The summed E-state index contributed by atoms with van der Waals surface area (Å²) >= 11 is 0. The number of carbonyl (C=O) groups is 2. The summed E-state index contributed by atoms with van der Waals surface area (Å²) in [5.74, 6) is -0.428. The van der Waals surface area contributed by atoms with Crippen LogP contribution >= 0.6 is 0 Å². The van der Waals surface area contributed by atoms with Crippen LogP contribution in [-0.2, 0) is 19.0 Å². The van der Waals surface area contributed by atoms with Crippen LogP contribution in [0.15, 0.2) is 0 Å². The maximum atomic E-state index is 11.1. The molecule has 0 rings (SSSR count). The number of ether oxygens (including phenoxy) is 3. The summed E-state index contributed by atoms with van der Waals surface area (Å²) in [7, 11) is 0. The summed E-state index contributed by atoms with van der Waals surface area (Å²) in [5.41, 5.74) is 4.02. The highest BCUT2D eigenvalue weighted by Gasteiger charge is 2.27. The SMILES string of the molecule is CCOC(=O)CC(C)(C)OC(=O)OCN. The van der Waals surface area contributed by atoms with Gasteiger partial charge in [0, 0.05) is 0 Å². The van der Waals surface area contributed by atoms with Crippen molar-refractivity contribution in [2.75, 3.05) is 13.3 Å². The predicted octanol–water partition coefficient (Wildman–Crippen LogP) is 0.788. The number of esters is 1. The van der Waals surface area contributed by atoms with Gasteiger partial charge in [-0.25, -0.2) is 4.79 Å². The van der Waals surface area contributed by atoms with Crippen LogP contribution in [0.5, 0.6) is 0 Å². The predicted molar refractivity (Wildman–Crippen MR) is 51.9 cm³/mol. The van der Waals surface area contributed by atoms with Crippen LogP contribution in [0.1, 0.15) is 27.2 Å². The maximum Gasteiger partial charge on any atom is 0.510 e. The summed E-state index contributed by atoms with van der Waals surface area (Å²) in [6.45, 7) is 4.91. The zero-order chi connectivity index (χ0) is 11.9. The number of hydrogen-bond donors (Lipinski definition) is 1. The van der Waals surface area contributed by atoms with Crippen LogP contribution in [0.4, 0.5) is 4.79 Å². The van der Waals surface area contributed by atoms with Crippen LogP contribution < -0.4 is 5.73 Å². The molecule has 0 fully saturated rings. The molecule has 0 unspecified atom stereocenters. The van der Waals surface area contributed by atoms with Crippen LogP contribution in [0.2, 0.25) is 0 Å². The first-order valence-corrected chi connectivity index (χ1v) is 4.62. The van der Waals surface area contributed by atoms with Gasteiger partial charge in [0.1, 0.15) is 12.3 Å². The normalized spacial score (nSPS) is 10.7. The van der Waals surface area contributed by atoms with Crippen molar-refractivity contribution < 1.29 is 23.8 Å². The molecular formula is C9H17NO5. The smallest absolute Gasteiger partial charge is 0.466 e. The van der Waals surface area contributed by atoms with Crippen molar-refractivity contribution >= 4 is 12.1 Å².